The van der Waals surface area contributed by atoms with Gasteiger partial charge >= 0.3 is 0 Å². The van der Waals surface area contributed by atoms with Crippen molar-refractivity contribution in [2.45, 2.75) is 63.6 Å². The highest BCUT2D eigenvalue weighted by atomic mass is 35.5. The lowest BCUT2D eigenvalue weighted by Crippen LogP contribution is -2.53. The van der Waals surface area contributed by atoms with Crippen LogP contribution in [0.15, 0.2) is 66.7 Å². The number of nitrogens with two attached hydrogens (primary N) is 1. The van der Waals surface area contributed by atoms with Gasteiger partial charge < -0.3 is 21.3 Å². The number of hydrogen-bond acceptors (Lipinski definition) is 4. The summed E-state index contributed by atoms with van der Waals surface area (Å²) in [7, 11) is 0. The largest absolute Gasteiger partial charge is 0.350 e. The predicted octanol–water partition coefficient (Wildman–Crippen LogP) is 5.10. The second kappa shape index (κ2) is 12.3. The number of hydrogen-bond donors (Lipinski definition) is 3. The van der Waals surface area contributed by atoms with Crippen LogP contribution >= 0.6 is 11.6 Å². The van der Waals surface area contributed by atoms with E-state index in [-0.39, 0.29) is 23.8 Å². The van der Waals surface area contributed by atoms with E-state index in [0.717, 1.165) is 23.6 Å². The minimum atomic E-state index is -0.505. The Bertz CT molecular complexity index is 1260. The monoisotopic (exact) mass is 534 g/mol. The zero-order valence-corrected chi connectivity index (χ0v) is 23.3. The summed E-state index contributed by atoms with van der Waals surface area (Å²) in [6, 6.07) is 21.2. The molecule has 0 spiro atoms. The Labute approximate surface area is 230 Å². The lowest BCUT2D eigenvalue weighted by atomic mass is 9.94. The molecule has 1 aliphatic heterocycles. The van der Waals surface area contributed by atoms with Gasteiger partial charge in [-0.2, -0.15) is 0 Å². The van der Waals surface area contributed by atoms with Crippen molar-refractivity contribution in [3.05, 3.63) is 82.9 Å². The third-order valence-corrected chi connectivity index (χ3v) is 7.54. The average Bonchev–Trinajstić information content (AvgIpc) is 3.03. The van der Waals surface area contributed by atoms with Crippen LogP contribution in [0.2, 0.25) is 5.02 Å². The number of fused-ring (bicyclic) bond motifs is 1. The molecule has 0 radical (unpaired) electrons. The Morgan fingerprint density at radius 1 is 1.13 bits per heavy atom. The molecule has 0 bridgehead atoms. The van der Waals surface area contributed by atoms with Gasteiger partial charge in [-0.3, -0.25) is 9.59 Å². The normalized spacial score (nSPS) is 19.3. The van der Waals surface area contributed by atoms with Crippen LogP contribution in [0, 0.1) is 0 Å². The first-order valence-corrected chi connectivity index (χ1v) is 13.9. The average molecular weight is 535 g/mol. The molecule has 4 rings (SSSR count). The van der Waals surface area contributed by atoms with Crippen molar-refractivity contribution >= 4 is 34.2 Å². The van der Waals surface area contributed by atoms with E-state index in [0.29, 0.717) is 36.6 Å². The maximum absolute atomic E-state index is 13.7. The van der Waals surface area contributed by atoms with Gasteiger partial charge in [-0.05, 0) is 73.7 Å². The van der Waals surface area contributed by atoms with Gasteiger partial charge in [0.1, 0.15) is 0 Å². The molecular formula is C31H39ClN4O2. The van der Waals surface area contributed by atoms with Gasteiger partial charge in [-0.25, -0.2) is 0 Å². The highest BCUT2D eigenvalue weighted by Crippen LogP contribution is 2.24. The molecule has 7 heteroatoms. The van der Waals surface area contributed by atoms with Crippen molar-refractivity contribution < 1.29 is 9.59 Å². The molecule has 202 valence electrons. The summed E-state index contributed by atoms with van der Waals surface area (Å²) in [5.74, 6) is 0.215. The Hall–Kier alpha value is -2.93. The number of nitrogens with zero attached hydrogens (tertiary/aromatic N) is 1. The number of amides is 2. The van der Waals surface area contributed by atoms with Crippen LogP contribution in [-0.4, -0.2) is 54.0 Å². The zero-order chi connectivity index (χ0) is 27.3. The topological polar surface area (TPSA) is 87.5 Å². The van der Waals surface area contributed by atoms with Crippen LogP contribution in [-0.2, 0) is 4.79 Å². The molecule has 0 saturated carbocycles. The predicted molar refractivity (Wildman–Crippen MR) is 156 cm³/mol. The Kier molecular flexibility index (Phi) is 9.08. The number of rotatable bonds is 9. The van der Waals surface area contributed by atoms with Gasteiger partial charge in [-0.15, -0.1) is 0 Å². The minimum absolute atomic E-state index is 0.0451. The molecule has 3 aromatic rings. The molecule has 6 nitrogen and oxygen atoms in total. The highest BCUT2D eigenvalue weighted by molar-refractivity contribution is 6.31. The number of nitrogens with one attached hydrogen (secondary N) is 2. The maximum atomic E-state index is 13.7. The summed E-state index contributed by atoms with van der Waals surface area (Å²) in [5, 5.41) is 9.22. The first-order valence-electron chi connectivity index (χ1n) is 13.5. The summed E-state index contributed by atoms with van der Waals surface area (Å²) >= 11 is 6.09. The van der Waals surface area contributed by atoms with E-state index in [2.05, 4.69) is 29.7 Å². The van der Waals surface area contributed by atoms with Gasteiger partial charge in [0, 0.05) is 47.7 Å². The Morgan fingerprint density at radius 2 is 1.84 bits per heavy atom. The first-order chi connectivity index (χ1) is 18.1. The molecular weight excluding hydrogens is 496 g/mol. The molecule has 1 aliphatic rings. The van der Waals surface area contributed by atoms with E-state index in [1.165, 1.54) is 5.56 Å². The van der Waals surface area contributed by atoms with E-state index in [1.807, 2.05) is 73.3 Å². The fourth-order valence-corrected chi connectivity index (χ4v) is 5.41. The van der Waals surface area contributed by atoms with E-state index >= 15 is 0 Å². The molecule has 1 unspecified atom stereocenters. The lowest BCUT2D eigenvalue weighted by Gasteiger charge is -2.31. The van der Waals surface area contributed by atoms with Crippen molar-refractivity contribution in [3.8, 4) is 0 Å². The van der Waals surface area contributed by atoms with Gasteiger partial charge in [0.2, 0.25) is 5.91 Å². The van der Waals surface area contributed by atoms with Crippen LogP contribution in [0.3, 0.4) is 0 Å². The second-order valence-corrected chi connectivity index (χ2v) is 11.6. The number of carbonyl (C=O) groups excluding carboxylic acids is 2. The molecule has 4 N–H and O–H groups in total. The van der Waals surface area contributed by atoms with Gasteiger partial charge in [0.15, 0.2) is 0 Å². The summed E-state index contributed by atoms with van der Waals surface area (Å²) < 4.78 is 0. The van der Waals surface area contributed by atoms with Crippen LogP contribution in [0.25, 0.3) is 10.8 Å². The molecule has 0 aromatic heterocycles. The van der Waals surface area contributed by atoms with E-state index in [1.54, 1.807) is 0 Å². The van der Waals surface area contributed by atoms with Crippen molar-refractivity contribution in [3.63, 3.8) is 0 Å². The van der Waals surface area contributed by atoms with Gasteiger partial charge in [-0.1, -0.05) is 61.0 Å². The SMILES string of the molecule is CCC(CN1CC[C@@H](CNC(=O)c2ccc3cc(Cl)ccc3c2)N[C@@H](CC(C)(C)N)C1=O)c1ccccc1. The van der Waals surface area contributed by atoms with Crippen LogP contribution in [0.4, 0.5) is 0 Å². The quantitative estimate of drug-likeness (QED) is 0.356. The second-order valence-electron chi connectivity index (χ2n) is 11.1. The smallest absolute Gasteiger partial charge is 0.251 e. The third-order valence-electron chi connectivity index (χ3n) is 7.30. The van der Waals surface area contributed by atoms with Crippen molar-refractivity contribution in [2.24, 2.45) is 5.73 Å². The molecule has 1 fully saturated rings. The molecule has 0 aliphatic carbocycles. The Morgan fingerprint density at radius 3 is 2.55 bits per heavy atom. The standard InChI is InChI=1S/C31H39ClN4O2/c1-4-21(22-8-6-5-7-9-22)20-36-15-14-27(35-28(30(36)38)18-31(2,3)33)19-34-29(37)25-11-10-24-17-26(32)13-12-23(24)16-25/h5-13,16-17,21,27-28,35H,4,14-15,18-20,33H2,1-3H3,(H,34,37)/t21?,27-,28-/m0/s1. The zero-order valence-electron chi connectivity index (χ0n) is 22.5. The fourth-order valence-electron chi connectivity index (χ4n) is 5.23. The number of halogens is 1. The van der Waals surface area contributed by atoms with Crippen molar-refractivity contribution in [1.82, 2.24) is 15.5 Å². The van der Waals surface area contributed by atoms with Crippen molar-refractivity contribution in [2.75, 3.05) is 19.6 Å². The fraction of sp³-hybridized carbons (Fsp3) is 0.419. The molecule has 1 saturated heterocycles. The number of benzene rings is 3. The van der Waals surface area contributed by atoms with Crippen molar-refractivity contribution in [1.29, 1.82) is 0 Å². The molecule has 1 heterocycles. The molecule has 3 aromatic carbocycles. The van der Waals surface area contributed by atoms with E-state index < -0.39 is 11.6 Å². The maximum Gasteiger partial charge on any atom is 0.251 e. The summed E-state index contributed by atoms with van der Waals surface area (Å²) in [4.78, 5) is 28.7. The molecule has 2 amide bonds. The van der Waals surface area contributed by atoms with Crippen LogP contribution < -0.4 is 16.4 Å². The van der Waals surface area contributed by atoms with E-state index in [9.17, 15) is 9.59 Å². The number of carbonyl (C=O) groups is 2. The van der Waals surface area contributed by atoms with Crippen LogP contribution in [0.5, 0.6) is 0 Å². The highest BCUT2D eigenvalue weighted by Gasteiger charge is 2.34. The Balaban J connectivity index is 1.45. The summed E-state index contributed by atoms with van der Waals surface area (Å²) in [6.07, 6.45) is 2.21. The van der Waals surface area contributed by atoms with Crippen LogP contribution in [0.1, 0.15) is 61.9 Å². The minimum Gasteiger partial charge on any atom is -0.350 e. The van der Waals surface area contributed by atoms with E-state index in [4.69, 9.17) is 17.3 Å². The lowest BCUT2D eigenvalue weighted by molar-refractivity contribution is -0.133. The summed E-state index contributed by atoms with van der Waals surface area (Å²) in [6.45, 7) is 7.78. The molecule has 3 atom stereocenters. The first kappa shape index (κ1) is 28.1. The third kappa shape index (κ3) is 7.34. The van der Waals surface area contributed by atoms with Gasteiger partial charge in [0.05, 0.1) is 6.04 Å². The van der Waals surface area contributed by atoms with Gasteiger partial charge in [0.25, 0.3) is 5.91 Å². The summed E-state index contributed by atoms with van der Waals surface area (Å²) in [5.41, 5.74) is 7.69. The molecule has 38 heavy (non-hydrogen) atoms.